The summed E-state index contributed by atoms with van der Waals surface area (Å²) in [7, 11) is 1.93. The molecule has 0 unspecified atom stereocenters. The molecule has 1 aromatic carbocycles. The Kier molecular flexibility index (Phi) is 4.40. The van der Waals surface area contributed by atoms with Crippen LogP contribution in [0.5, 0.6) is 0 Å². The minimum Gasteiger partial charge on any atom is -0.343 e. The van der Waals surface area contributed by atoms with Crippen LogP contribution in [0.15, 0.2) is 24.3 Å². The molecule has 0 saturated heterocycles. The molecule has 0 atom stereocenters. The zero-order valence-corrected chi connectivity index (χ0v) is 16.0. The molecule has 0 saturated carbocycles. The quantitative estimate of drug-likeness (QED) is 0.562. The number of imidazole rings is 1. The van der Waals surface area contributed by atoms with Crippen molar-refractivity contribution < 1.29 is 4.79 Å². The van der Waals surface area contributed by atoms with Crippen molar-refractivity contribution in [2.45, 2.75) is 26.9 Å². The van der Waals surface area contributed by atoms with Gasteiger partial charge in [-0.15, -0.1) is 5.10 Å². The highest BCUT2D eigenvalue weighted by Crippen LogP contribution is 2.14. The van der Waals surface area contributed by atoms with Gasteiger partial charge >= 0.3 is 0 Å². The molecular weight excluding hydrogens is 364 g/mol. The smallest absolute Gasteiger partial charge is 0.274 e. The number of nitrogens with one attached hydrogen (secondary N) is 1. The van der Waals surface area contributed by atoms with E-state index in [0.717, 1.165) is 40.0 Å². The van der Waals surface area contributed by atoms with Gasteiger partial charge in [-0.3, -0.25) is 4.79 Å². The summed E-state index contributed by atoms with van der Waals surface area (Å²) >= 11 is 1.16. The van der Waals surface area contributed by atoms with Crippen LogP contribution >= 0.6 is 11.7 Å². The predicted molar refractivity (Wildman–Crippen MR) is 100 cm³/mol. The summed E-state index contributed by atoms with van der Waals surface area (Å²) in [6.07, 6.45) is 0. The summed E-state index contributed by atoms with van der Waals surface area (Å²) in [5.41, 5.74) is 4.61. The number of nitrogens with zero attached hydrogens (tertiary/aromatic N) is 7. The molecule has 1 amide bonds. The largest absolute Gasteiger partial charge is 0.343 e. The molecule has 0 aliphatic rings. The summed E-state index contributed by atoms with van der Waals surface area (Å²) in [5.74, 6) is 0.498. The molecule has 9 nitrogen and oxygen atoms in total. The number of benzene rings is 1. The summed E-state index contributed by atoms with van der Waals surface area (Å²) in [6, 6.07) is 7.86. The Morgan fingerprint density at radius 2 is 2.04 bits per heavy atom. The van der Waals surface area contributed by atoms with Gasteiger partial charge in [0.15, 0.2) is 5.69 Å². The van der Waals surface area contributed by atoms with Gasteiger partial charge in [-0.05, 0) is 26.0 Å². The van der Waals surface area contributed by atoms with Crippen LogP contribution in [0.1, 0.15) is 33.4 Å². The van der Waals surface area contributed by atoms with Crippen molar-refractivity contribution in [1.29, 1.82) is 0 Å². The van der Waals surface area contributed by atoms with Crippen LogP contribution in [0.3, 0.4) is 0 Å². The lowest BCUT2D eigenvalue weighted by atomic mass is 10.3. The van der Waals surface area contributed by atoms with Crippen molar-refractivity contribution in [1.82, 2.24) is 38.6 Å². The zero-order chi connectivity index (χ0) is 19.0. The minimum atomic E-state index is -0.279. The molecule has 0 spiro atoms. The lowest BCUT2D eigenvalue weighted by Gasteiger charge is -2.05. The molecule has 4 rings (SSSR count). The number of hydrogen-bond donors (Lipinski definition) is 1. The molecule has 27 heavy (non-hydrogen) atoms. The molecule has 0 radical (unpaired) electrons. The van der Waals surface area contributed by atoms with E-state index in [1.54, 1.807) is 4.68 Å². The third-order valence-electron chi connectivity index (χ3n) is 4.53. The van der Waals surface area contributed by atoms with Gasteiger partial charge in [-0.1, -0.05) is 17.3 Å². The standard InChI is InChI=1S/C17H18N8OS/c1-10-13(22-27-21-10)9-25-11(2)16(20-23-25)17(26)18-8-15-19-12-6-4-5-7-14(12)24(15)3/h4-7H,8-9H2,1-3H3,(H,18,26). The maximum absolute atomic E-state index is 12.6. The number of para-hydroxylation sites is 2. The number of amides is 1. The number of carbonyl (C=O) groups is 1. The molecule has 0 bridgehead atoms. The Hall–Kier alpha value is -3.14. The van der Waals surface area contributed by atoms with Gasteiger partial charge in [-0.25, -0.2) is 9.67 Å². The molecule has 138 valence electrons. The Bertz CT molecular complexity index is 1130. The number of aromatic nitrogens is 7. The van der Waals surface area contributed by atoms with Crippen LogP contribution in [-0.4, -0.2) is 39.2 Å². The molecule has 0 fully saturated rings. The number of aryl methyl sites for hydroxylation is 2. The van der Waals surface area contributed by atoms with E-state index in [4.69, 9.17) is 0 Å². The third-order valence-corrected chi connectivity index (χ3v) is 5.19. The van der Waals surface area contributed by atoms with Crippen molar-refractivity contribution >= 4 is 28.7 Å². The first-order valence-electron chi connectivity index (χ1n) is 8.41. The highest BCUT2D eigenvalue weighted by atomic mass is 32.1. The van der Waals surface area contributed by atoms with Crippen LogP contribution in [0.2, 0.25) is 0 Å². The van der Waals surface area contributed by atoms with E-state index < -0.39 is 0 Å². The summed E-state index contributed by atoms with van der Waals surface area (Å²) in [4.78, 5) is 17.1. The Morgan fingerprint density at radius 1 is 1.22 bits per heavy atom. The number of rotatable bonds is 5. The fourth-order valence-electron chi connectivity index (χ4n) is 2.85. The van der Waals surface area contributed by atoms with Crippen molar-refractivity contribution in [3.05, 3.63) is 52.9 Å². The molecule has 1 N–H and O–H groups in total. The molecule has 3 heterocycles. The second kappa shape index (κ2) is 6.88. The van der Waals surface area contributed by atoms with Crippen LogP contribution in [0.25, 0.3) is 11.0 Å². The molecule has 3 aromatic heterocycles. The van der Waals surface area contributed by atoms with Crippen LogP contribution in [0, 0.1) is 13.8 Å². The second-order valence-corrected chi connectivity index (χ2v) is 6.76. The normalized spacial score (nSPS) is 11.2. The fourth-order valence-corrected chi connectivity index (χ4v) is 3.41. The van der Waals surface area contributed by atoms with E-state index in [-0.39, 0.29) is 5.91 Å². The third kappa shape index (κ3) is 3.19. The first-order chi connectivity index (χ1) is 13.0. The topological polar surface area (TPSA) is 103 Å². The van der Waals surface area contributed by atoms with Crippen molar-refractivity contribution in [2.75, 3.05) is 0 Å². The Morgan fingerprint density at radius 3 is 2.78 bits per heavy atom. The molecule has 0 aliphatic heterocycles. The van der Waals surface area contributed by atoms with E-state index in [1.165, 1.54) is 0 Å². The van der Waals surface area contributed by atoms with Gasteiger partial charge in [0.05, 0.1) is 52.9 Å². The average Bonchev–Trinajstić information content (AvgIpc) is 3.33. The van der Waals surface area contributed by atoms with Crippen molar-refractivity contribution in [2.24, 2.45) is 7.05 Å². The van der Waals surface area contributed by atoms with Gasteiger partial charge in [0.2, 0.25) is 0 Å². The first-order valence-corrected chi connectivity index (χ1v) is 9.14. The fraction of sp³-hybridized carbons (Fsp3) is 0.294. The zero-order valence-electron chi connectivity index (χ0n) is 15.2. The van der Waals surface area contributed by atoms with Gasteiger partial charge in [0, 0.05) is 7.05 Å². The number of fused-ring (bicyclic) bond motifs is 1. The van der Waals surface area contributed by atoms with Gasteiger partial charge in [0.25, 0.3) is 5.91 Å². The Labute approximate surface area is 159 Å². The number of carbonyl (C=O) groups excluding carboxylic acids is 1. The first kappa shape index (κ1) is 17.3. The highest BCUT2D eigenvalue weighted by molar-refractivity contribution is 6.99. The van der Waals surface area contributed by atoms with Crippen LogP contribution < -0.4 is 5.32 Å². The predicted octanol–water partition coefficient (Wildman–Crippen LogP) is 1.61. The van der Waals surface area contributed by atoms with Crippen LogP contribution in [-0.2, 0) is 20.1 Å². The molecular formula is C17H18N8OS. The van der Waals surface area contributed by atoms with Gasteiger partial charge < -0.3 is 9.88 Å². The molecule has 4 aromatic rings. The maximum atomic E-state index is 12.6. The van der Waals surface area contributed by atoms with Gasteiger partial charge in [0.1, 0.15) is 5.82 Å². The lowest BCUT2D eigenvalue weighted by molar-refractivity contribution is 0.0944. The van der Waals surface area contributed by atoms with E-state index in [2.05, 4.69) is 29.4 Å². The summed E-state index contributed by atoms with van der Waals surface area (Å²) in [6.45, 7) is 4.47. The summed E-state index contributed by atoms with van der Waals surface area (Å²) in [5, 5.41) is 11.0. The van der Waals surface area contributed by atoms with Crippen molar-refractivity contribution in [3.63, 3.8) is 0 Å². The Balaban J connectivity index is 1.48. The van der Waals surface area contributed by atoms with E-state index in [0.29, 0.717) is 24.5 Å². The lowest BCUT2D eigenvalue weighted by Crippen LogP contribution is -2.25. The second-order valence-electron chi connectivity index (χ2n) is 6.24. The van der Waals surface area contributed by atoms with E-state index in [9.17, 15) is 4.79 Å². The monoisotopic (exact) mass is 382 g/mol. The van der Waals surface area contributed by atoms with Crippen LogP contribution in [0.4, 0.5) is 0 Å². The summed E-state index contributed by atoms with van der Waals surface area (Å²) < 4.78 is 12.0. The van der Waals surface area contributed by atoms with Crippen molar-refractivity contribution in [3.8, 4) is 0 Å². The van der Waals surface area contributed by atoms with E-state index >= 15 is 0 Å². The van der Waals surface area contributed by atoms with E-state index in [1.807, 2.05) is 49.7 Å². The van der Waals surface area contributed by atoms with Gasteiger partial charge in [-0.2, -0.15) is 8.75 Å². The molecule has 0 aliphatic carbocycles. The highest BCUT2D eigenvalue weighted by Gasteiger charge is 2.18. The maximum Gasteiger partial charge on any atom is 0.274 e. The average molecular weight is 382 g/mol. The molecule has 10 heteroatoms. The SMILES string of the molecule is Cc1nsnc1Cn1nnc(C(=O)NCc2nc3ccccc3n2C)c1C. The minimum absolute atomic E-state index is 0.279. The number of hydrogen-bond acceptors (Lipinski definition) is 7.